The highest BCUT2D eigenvalue weighted by Crippen LogP contribution is 2.52. The molecule has 0 radical (unpaired) electrons. The summed E-state index contributed by atoms with van der Waals surface area (Å²) in [6.07, 6.45) is 1.06. The van der Waals surface area contributed by atoms with E-state index in [9.17, 15) is 23.1 Å². The molecule has 0 bridgehead atoms. The Balaban J connectivity index is 2.30. The molecule has 35 heavy (non-hydrogen) atoms. The average Bonchev–Trinajstić information content (AvgIpc) is 2.73. The van der Waals surface area contributed by atoms with Crippen LogP contribution in [0.1, 0.15) is 56.7 Å². The normalized spacial score (nSPS) is 24.0. The Kier molecular flexibility index (Phi) is 8.24. The molecule has 190 valence electrons. The van der Waals surface area contributed by atoms with Crippen LogP contribution in [-0.4, -0.2) is 48.4 Å². The van der Waals surface area contributed by atoms with Crippen LogP contribution in [-0.2, 0) is 19.4 Å². The second-order valence-corrected chi connectivity index (χ2v) is 13.2. The van der Waals surface area contributed by atoms with Gasteiger partial charge >= 0.3 is 5.97 Å². The monoisotopic (exact) mass is 539 g/mol. The molecule has 1 aliphatic heterocycles. The first-order chi connectivity index (χ1) is 16.2. The van der Waals surface area contributed by atoms with E-state index in [1.165, 1.54) is 0 Å². The number of benzene rings is 2. The number of carbonyl (C=O) groups is 2. The highest BCUT2D eigenvalue weighted by atomic mass is 35.5. The summed E-state index contributed by atoms with van der Waals surface area (Å²) in [6, 6.07) is 13.3. The number of carbonyl (C=O) groups excluding carboxylic acids is 1. The van der Waals surface area contributed by atoms with Crippen LogP contribution in [0.4, 0.5) is 0 Å². The zero-order valence-electron chi connectivity index (χ0n) is 20.2. The van der Waals surface area contributed by atoms with E-state index in [0.717, 1.165) is 17.4 Å². The van der Waals surface area contributed by atoms with Crippen LogP contribution in [0, 0.1) is 11.3 Å². The van der Waals surface area contributed by atoms with E-state index < -0.39 is 33.3 Å². The van der Waals surface area contributed by atoms with E-state index in [1.54, 1.807) is 30.0 Å². The standard InChI is InChI=1S/C26H31Cl2NO5S/c1-16(2)22(15-35(4,33)34)29-24(17-8-10-19(27)11-9-17)21(18-6-5-7-20(28)12-18)13-26(3,25(29)32)14-23(30)31/h5-12,16,21-22,24H,13-15H2,1-4H3,(H,30,31). The van der Waals surface area contributed by atoms with Gasteiger partial charge in [0.1, 0.15) is 9.84 Å². The van der Waals surface area contributed by atoms with Crippen LogP contribution in [0.15, 0.2) is 48.5 Å². The minimum atomic E-state index is -3.46. The zero-order valence-corrected chi connectivity index (χ0v) is 22.6. The maximum Gasteiger partial charge on any atom is 0.304 e. The molecule has 0 spiro atoms. The van der Waals surface area contributed by atoms with Crippen molar-refractivity contribution in [2.45, 2.75) is 51.6 Å². The van der Waals surface area contributed by atoms with Gasteiger partial charge in [-0.3, -0.25) is 9.59 Å². The number of hydrogen-bond donors (Lipinski definition) is 1. The quantitative estimate of drug-likeness (QED) is 0.471. The summed E-state index contributed by atoms with van der Waals surface area (Å²) in [5.41, 5.74) is 0.421. The molecule has 1 aliphatic rings. The fourth-order valence-corrected chi connectivity index (χ4v) is 6.64. The molecule has 1 heterocycles. The molecule has 1 saturated heterocycles. The molecule has 3 rings (SSSR count). The summed E-state index contributed by atoms with van der Waals surface area (Å²) < 4.78 is 24.9. The van der Waals surface area contributed by atoms with Gasteiger partial charge in [-0.1, -0.05) is 68.2 Å². The number of aliphatic carboxylic acids is 1. The number of nitrogens with zero attached hydrogens (tertiary/aromatic N) is 1. The van der Waals surface area contributed by atoms with Crippen LogP contribution in [0.3, 0.4) is 0 Å². The predicted octanol–water partition coefficient (Wildman–Crippen LogP) is 5.60. The van der Waals surface area contributed by atoms with Crippen molar-refractivity contribution in [2.24, 2.45) is 11.3 Å². The number of halogens is 2. The lowest BCUT2D eigenvalue weighted by atomic mass is 9.66. The number of amides is 1. The van der Waals surface area contributed by atoms with Crippen LogP contribution in [0.5, 0.6) is 0 Å². The van der Waals surface area contributed by atoms with Gasteiger partial charge in [0.25, 0.3) is 0 Å². The Bertz CT molecular complexity index is 1200. The summed E-state index contributed by atoms with van der Waals surface area (Å²) in [7, 11) is -3.46. The number of likely N-dealkylation sites (tertiary alicyclic amines) is 1. The Labute approximate surface area is 217 Å². The van der Waals surface area contributed by atoms with Gasteiger partial charge in [-0.2, -0.15) is 0 Å². The Morgan fingerprint density at radius 1 is 1.11 bits per heavy atom. The van der Waals surface area contributed by atoms with E-state index >= 15 is 0 Å². The maximum atomic E-state index is 14.1. The van der Waals surface area contributed by atoms with E-state index in [4.69, 9.17) is 23.2 Å². The van der Waals surface area contributed by atoms with Crippen LogP contribution >= 0.6 is 23.2 Å². The zero-order chi connectivity index (χ0) is 26.1. The largest absolute Gasteiger partial charge is 0.481 e. The number of carboxylic acid groups (broad SMARTS) is 1. The first-order valence-corrected chi connectivity index (χ1v) is 14.3. The second kappa shape index (κ2) is 10.5. The average molecular weight is 541 g/mol. The van der Waals surface area contributed by atoms with Gasteiger partial charge in [0.05, 0.1) is 23.6 Å². The molecule has 2 aromatic rings. The van der Waals surface area contributed by atoms with E-state index in [1.807, 2.05) is 44.2 Å². The van der Waals surface area contributed by atoms with E-state index in [-0.39, 0.29) is 36.3 Å². The number of carboxylic acids is 1. The van der Waals surface area contributed by atoms with Crippen molar-refractivity contribution in [3.05, 3.63) is 69.7 Å². The van der Waals surface area contributed by atoms with Crippen molar-refractivity contribution < 1.29 is 23.1 Å². The highest BCUT2D eigenvalue weighted by Gasteiger charge is 2.53. The molecule has 1 amide bonds. The Hall–Kier alpha value is -2.09. The summed E-state index contributed by atoms with van der Waals surface area (Å²) in [5, 5.41) is 10.7. The third kappa shape index (κ3) is 6.38. The first kappa shape index (κ1) is 27.5. The third-order valence-electron chi connectivity index (χ3n) is 6.73. The molecule has 0 aliphatic carbocycles. The van der Waals surface area contributed by atoms with Gasteiger partial charge in [-0.25, -0.2) is 8.42 Å². The molecule has 0 saturated carbocycles. The predicted molar refractivity (Wildman–Crippen MR) is 139 cm³/mol. The van der Waals surface area contributed by atoms with Crippen molar-refractivity contribution in [2.75, 3.05) is 12.0 Å². The summed E-state index contributed by atoms with van der Waals surface area (Å²) in [5.74, 6) is -2.19. The summed E-state index contributed by atoms with van der Waals surface area (Å²) >= 11 is 12.5. The van der Waals surface area contributed by atoms with Crippen LogP contribution < -0.4 is 0 Å². The first-order valence-electron chi connectivity index (χ1n) is 11.4. The fraction of sp³-hybridized carbons (Fsp3) is 0.462. The van der Waals surface area contributed by atoms with Crippen LogP contribution in [0.2, 0.25) is 10.0 Å². The molecule has 1 N–H and O–H groups in total. The number of sulfone groups is 1. The summed E-state index contributed by atoms with van der Waals surface area (Å²) in [4.78, 5) is 27.6. The summed E-state index contributed by atoms with van der Waals surface area (Å²) in [6.45, 7) is 5.41. The van der Waals surface area contributed by atoms with Crippen molar-refractivity contribution >= 4 is 44.9 Å². The van der Waals surface area contributed by atoms with Gasteiger partial charge in [0.2, 0.25) is 5.91 Å². The molecular weight excluding hydrogens is 509 g/mol. The second-order valence-electron chi connectivity index (χ2n) is 10.1. The molecule has 9 heteroatoms. The number of rotatable bonds is 8. The topological polar surface area (TPSA) is 91.8 Å². The van der Waals surface area contributed by atoms with E-state index in [2.05, 4.69) is 0 Å². The van der Waals surface area contributed by atoms with Gasteiger partial charge in [0, 0.05) is 28.3 Å². The van der Waals surface area contributed by atoms with E-state index in [0.29, 0.717) is 10.0 Å². The minimum absolute atomic E-state index is 0.198. The van der Waals surface area contributed by atoms with Gasteiger partial charge in [0.15, 0.2) is 0 Å². The number of hydrogen-bond acceptors (Lipinski definition) is 4. The SMILES string of the molecule is CC(C)C(CS(C)(=O)=O)N1C(=O)C(C)(CC(=O)O)CC(c2cccc(Cl)c2)C1c1ccc(Cl)cc1. The lowest BCUT2D eigenvalue weighted by Crippen LogP contribution is -2.58. The molecule has 0 aromatic heterocycles. The van der Waals surface area contributed by atoms with Crippen molar-refractivity contribution in [3.8, 4) is 0 Å². The molecule has 2 aromatic carbocycles. The Morgan fingerprint density at radius 2 is 1.74 bits per heavy atom. The van der Waals surface area contributed by atoms with Crippen molar-refractivity contribution in [1.29, 1.82) is 0 Å². The fourth-order valence-electron chi connectivity index (χ4n) is 5.15. The molecular formula is C26H31Cl2NO5S. The minimum Gasteiger partial charge on any atom is -0.481 e. The maximum absolute atomic E-state index is 14.1. The smallest absolute Gasteiger partial charge is 0.304 e. The third-order valence-corrected chi connectivity index (χ3v) is 8.17. The van der Waals surface area contributed by atoms with Crippen LogP contribution in [0.25, 0.3) is 0 Å². The van der Waals surface area contributed by atoms with Gasteiger partial charge in [-0.05, 0) is 47.7 Å². The molecule has 6 nitrogen and oxygen atoms in total. The number of piperidine rings is 1. The Morgan fingerprint density at radius 3 is 2.26 bits per heavy atom. The van der Waals surface area contributed by atoms with Gasteiger partial charge in [-0.15, -0.1) is 0 Å². The highest BCUT2D eigenvalue weighted by molar-refractivity contribution is 7.90. The van der Waals surface area contributed by atoms with Crippen molar-refractivity contribution in [1.82, 2.24) is 4.90 Å². The lowest BCUT2D eigenvalue weighted by molar-refractivity contribution is -0.161. The molecule has 4 atom stereocenters. The van der Waals surface area contributed by atoms with Crippen molar-refractivity contribution in [3.63, 3.8) is 0 Å². The molecule has 1 fully saturated rings. The molecule has 4 unspecified atom stereocenters. The van der Waals surface area contributed by atoms with Gasteiger partial charge < -0.3 is 10.0 Å². The lowest BCUT2D eigenvalue weighted by Gasteiger charge is -2.52.